The predicted molar refractivity (Wildman–Crippen MR) is 83.5 cm³/mol. The minimum Gasteiger partial charge on any atom is -0.397 e. The van der Waals surface area contributed by atoms with Gasteiger partial charge in [-0.1, -0.05) is 0 Å². The molecule has 1 aromatic rings. The highest BCUT2D eigenvalue weighted by atomic mass is 32.1. The fraction of sp³-hybridized carbons (Fsp3) is 0.643. The van der Waals surface area contributed by atoms with Gasteiger partial charge in [-0.3, -0.25) is 4.79 Å². The van der Waals surface area contributed by atoms with Gasteiger partial charge in [0.2, 0.25) is 0 Å². The molecule has 1 saturated heterocycles. The van der Waals surface area contributed by atoms with E-state index in [0.717, 1.165) is 25.9 Å². The molecule has 1 aliphatic heterocycles. The van der Waals surface area contributed by atoms with Crippen molar-refractivity contribution < 1.29 is 4.79 Å². The lowest BCUT2D eigenvalue weighted by Crippen LogP contribution is -2.39. The molecule has 0 radical (unpaired) electrons. The van der Waals surface area contributed by atoms with Crippen LogP contribution in [-0.4, -0.2) is 32.1 Å². The third-order valence-electron chi connectivity index (χ3n) is 4.21. The number of amides is 1. The molecule has 2 heterocycles. The largest absolute Gasteiger partial charge is 0.397 e. The zero-order valence-electron chi connectivity index (χ0n) is 11.8. The summed E-state index contributed by atoms with van der Waals surface area (Å²) in [5.41, 5.74) is 14.1. The van der Waals surface area contributed by atoms with Gasteiger partial charge in [0.15, 0.2) is 0 Å². The van der Waals surface area contributed by atoms with Gasteiger partial charge in [-0.15, -0.1) is 11.3 Å². The number of nitrogens with zero attached hydrogens (tertiary/aromatic N) is 1. The van der Waals surface area contributed by atoms with Gasteiger partial charge < -0.3 is 21.7 Å². The quantitative estimate of drug-likeness (QED) is 0.788. The highest BCUT2D eigenvalue weighted by Gasteiger charge is 2.35. The number of hydrogen-bond donors (Lipinski definition) is 3. The van der Waals surface area contributed by atoms with Crippen molar-refractivity contribution in [2.45, 2.75) is 37.6 Å². The second-order valence-corrected chi connectivity index (χ2v) is 6.74. The molecule has 1 amide bonds. The Hall–Kier alpha value is -1.27. The number of nitrogen functional groups attached to an aromatic ring is 1. The maximum absolute atomic E-state index is 12.0. The molecule has 20 heavy (non-hydrogen) atoms. The average molecular weight is 294 g/mol. The van der Waals surface area contributed by atoms with Crippen molar-refractivity contribution in [2.24, 2.45) is 5.73 Å². The van der Waals surface area contributed by atoms with Crippen LogP contribution in [0.5, 0.6) is 0 Å². The van der Waals surface area contributed by atoms with Crippen LogP contribution in [0.15, 0.2) is 0 Å². The molecular weight excluding hydrogens is 272 g/mol. The highest BCUT2D eigenvalue weighted by Crippen LogP contribution is 2.52. The number of hydrogen-bond acceptors (Lipinski definition) is 5. The van der Waals surface area contributed by atoms with Gasteiger partial charge in [-0.05, 0) is 31.6 Å². The SMILES string of the molecule is CNC(=O)c1sc(N2CCC(N)CC2)c(C2CC2)c1N. The van der Waals surface area contributed by atoms with Crippen LogP contribution >= 0.6 is 11.3 Å². The van der Waals surface area contributed by atoms with Crippen LogP contribution in [0.4, 0.5) is 10.7 Å². The lowest BCUT2D eigenvalue weighted by molar-refractivity contribution is 0.0968. The molecule has 1 aliphatic carbocycles. The maximum atomic E-state index is 12.0. The summed E-state index contributed by atoms with van der Waals surface area (Å²) in [4.78, 5) is 15.0. The van der Waals surface area contributed by atoms with Gasteiger partial charge in [0.05, 0.1) is 10.7 Å². The molecular formula is C14H22N4OS. The standard InChI is InChI=1S/C14H22N4OS/c1-17-13(19)12-11(16)10(8-2-3-8)14(20-12)18-6-4-9(15)5-7-18/h8-9H,2-7,15-16H2,1H3,(H,17,19). The summed E-state index contributed by atoms with van der Waals surface area (Å²) in [6, 6.07) is 0.311. The molecule has 0 spiro atoms. The second-order valence-electron chi connectivity index (χ2n) is 5.74. The third-order valence-corrected chi connectivity index (χ3v) is 5.49. The summed E-state index contributed by atoms with van der Waals surface area (Å²) in [5.74, 6) is 0.476. The molecule has 1 aromatic heterocycles. The van der Waals surface area contributed by atoms with E-state index in [4.69, 9.17) is 11.5 Å². The Morgan fingerprint density at radius 2 is 1.95 bits per heavy atom. The number of carbonyl (C=O) groups is 1. The van der Waals surface area contributed by atoms with E-state index in [1.54, 1.807) is 18.4 Å². The number of rotatable bonds is 3. The Balaban J connectivity index is 1.94. The number of anilines is 2. The van der Waals surface area contributed by atoms with Crippen LogP contribution in [0, 0.1) is 0 Å². The first-order chi connectivity index (χ1) is 9.61. The Morgan fingerprint density at radius 1 is 1.30 bits per heavy atom. The molecule has 1 saturated carbocycles. The van der Waals surface area contributed by atoms with Crippen LogP contribution in [0.3, 0.4) is 0 Å². The molecule has 5 N–H and O–H groups in total. The molecule has 0 atom stereocenters. The van der Waals surface area contributed by atoms with Crippen molar-refractivity contribution in [1.29, 1.82) is 0 Å². The monoisotopic (exact) mass is 294 g/mol. The van der Waals surface area contributed by atoms with E-state index in [1.165, 1.54) is 23.4 Å². The number of carbonyl (C=O) groups excluding carboxylic acids is 1. The Bertz CT molecular complexity index is 515. The molecule has 5 nitrogen and oxygen atoms in total. The van der Waals surface area contributed by atoms with Crippen LogP contribution in [0.1, 0.15) is 46.8 Å². The number of thiophene rings is 1. The highest BCUT2D eigenvalue weighted by molar-refractivity contribution is 7.18. The Labute approximate surface area is 123 Å². The van der Waals surface area contributed by atoms with Crippen molar-refractivity contribution in [2.75, 3.05) is 30.8 Å². The van der Waals surface area contributed by atoms with Gasteiger partial charge in [0, 0.05) is 31.7 Å². The first-order valence-corrected chi connectivity index (χ1v) is 8.08. The average Bonchev–Trinajstić information content (AvgIpc) is 3.22. The fourth-order valence-corrected chi connectivity index (χ4v) is 4.14. The van der Waals surface area contributed by atoms with Crippen molar-refractivity contribution >= 4 is 27.9 Å². The van der Waals surface area contributed by atoms with Gasteiger partial charge in [-0.2, -0.15) is 0 Å². The second kappa shape index (κ2) is 5.26. The first-order valence-electron chi connectivity index (χ1n) is 7.26. The van der Waals surface area contributed by atoms with Crippen LogP contribution < -0.4 is 21.7 Å². The van der Waals surface area contributed by atoms with E-state index in [1.807, 2.05) is 0 Å². The van der Waals surface area contributed by atoms with E-state index >= 15 is 0 Å². The van der Waals surface area contributed by atoms with Crippen LogP contribution in [-0.2, 0) is 0 Å². The van der Waals surface area contributed by atoms with Crippen molar-refractivity contribution in [3.05, 3.63) is 10.4 Å². The normalized spacial score (nSPS) is 20.2. The van der Waals surface area contributed by atoms with Gasteiger partial charge in [-0.25, -0.2) is 0 Å². The summed E-state index contributed by atoms with van der Waals surface area (Å²) in [5, 5.41) is 3.89. The molecule has 6 heteroatoms. The van der Waals surface area contributed by atoms with E-state index in [-0.39, 0.29) is 5.91 Å². The molecule has 3 rings (SSSR count). The molecule has 110 valence electrons. The zero-order valence-corrected chi connectivity index (χ0v) is 12.6. The lowest BCUT2D eigenvalue weighted by Gasteiger charge is -2.31. The van der Waals surface area contributed by atoms with Gasteiger partial charge in [0.25, 0.3) is 5.91 Å². The summed E-state index contributed by atoms with van der Waals surface area (Å²) in [6.45, 7) is 1.93. The minimum atomic E-state index is -0.0747. The Morgan fingerprint density at radius 3 is 2.50 bits per heavy atom. The summed E-state index contributed by atoms with van der Waals surface area (Å²) in [7, 11) is 1.65. The Kier molecular flexibility index (Phi) is 3.60. The third kappa shape index (κ3) is 2.38. The summed E-state index contributed by atoms with van der Waals surface area (Å²) < 4.78 is 0. The van der Waals surface area contributed by atoms with Crippen LogP contribution in [0.2, 0.25) is 0 Å². The lowest BCUT2D eigenvalue weighted by atomic mass is 10.0. The zero-order chi connectivity index (χ0) is 14.3. The molecule has 2 fully saturated rings. The van der Waals surface area contributed by atoms with E-state index in [9.17, 15) is 4.79 Å². The van der Waals surface area contributed by atoms with E-state index in [2.05, 4.69) is 10.2 Å². The minimum absolute atomic E-state index is 0.0747. The van der Waals surface area contributed by atoms with Crippen molar-refractivity contribution in [3.8, 4) is 0 Å². The van der Waals surface area contributed by atoms with Crippen molar-refractivity contribution in [1.82, 2.24) is 5.32 Å². The predicted octanol–water partition coefficient (Wildman–Crippen LogP) is 1.49. The number of piperidine rings is 1. The van der Waals surface area contributed by atoms with Gasteiger partial charge in [0.1, 0.15) is 4.88 Å². The summed E-state index contributed by atoms with van der Waals surface area (Å²) in [6.07, 6.45) is 4.40. The molecule has 2 aliphatic rings. The first kappa shape index (κ1) is 13.7. The fourth-order valence-electron chi connectivity index (χ4n) is 2.83. The topological polar surface area (TPSA) is 84.4 Å². The molecule has 0 unspecified atom stereocenters. The van der Waals surface area contributed by atoms with Crippen molar-refractivity contribution in [3.63, 3.8) is 0 Å². The van der Waals surface area contributed by atoms with E-state index in [0.29, 0.717) is 22.5 Å². The van der Waals surface area contributed by atoms with Crippen LogP contribution in [0.25, 0.3) is 0 Å². The summed E-state index contributed by atoms with van der Waals surface area (Å²) >= 11 is 1.54. The molecule has 0 aromatic carbocycles. The maximum Gasteiger partial charge on any atom is 0.263 e. The van der Waals surface area contributed by atoms with Gasteiger partial charge >= 0.3 is 0 Å². The molecule has 0 bridgehead atoms. The number of nitrogens with one attached hydrogen (secondary N) is 1. The number of nitrogens with two attached hydrogens (primary N) is 2. The smallest absolute Gasteiger partial charge is 0.263 e. The van der Waals surface area contributed by atoms with E-state index < -0.39 is 0 Å².